The molecule has 1 fully saturated rings. The van der Waals surface area contributed by atoms with Crippen molar-refractivity contribution in [2.45, 2.75) is 65.1 Å². The first kappa shape index (κ1) is 24.4. The minimum Gasteiger partial charge on any atom is -0.507 e. The van der Waals surface area contributed by atoms with Crippen molar-refractivity contribution in [3.05, 3.63) is 58.7 Å². The summed E-state index contributed by atoms with van der Waals surface area (Å²) < 4.78 is 39.2. The predicted molar refractivity (Wildman–Crippen MR) is 124 cm³/mol. The maximum absolute atomic E-state index is 13.1. The number of phenols is 1. The molecular formula is C26H35F3N2O. The van der Waals surface area contributed by atoms with Crippen molar-refractivity contribution in [3.8, 4) is 5.75 Å². The van der Waals surface area contributed by atoms with E-state index in [9.17, 15) is 18.3 Å². The first-order valence-corrected chi connectivity index (χ1v) is 11.2. The molecule has 1 heterocycles. The molecule has 1 N–H and O–H groups in total. The van der Waals surface area contributed by atoms with Crippen LogP contribution in [0, 0.1) is 0 Å². The van der Waals surface area contributed by atoms with Gasteiger partial charge in [0.05, 0.1) is 5.56 Å². The van der Waals surface area contributed by atoms with E-state index >= 15 is 0 Å². The van der Waals surface area contributed by atoms with Crippen molar-refractivity contribution < 1.29 is 18.3 Å². The van der Waals surface area contributed by atoms with E-state index in [0.717, 1.165) is 42.4 Å². The number of anilines is 1. The number of benzene rings is 2. The molecule has 0 atom stereocenters. The molecule has 1 saturated heterocycles. The Labute approximate surface area is 189 Å². The Hall–Kier alpha value is -2.21. The predicted octanol–water partition coefficient (Wildman–Crippen LogP) is 6.33. The first-order chi connectivity index (χ1) is 14.7. The van der Waals surface area contributed by atoms with E-state index in [4.69, 9.17) is 0 Å². The summed E-state index contributed by atoms with van der Waals surface area (Å²) in [5, 5.41) is 10.9. The Morgan fingerprint density at radius 3 is 1.81 bits per heavy atom. The summed E-state index contributed by atoms with van der Waals surface area (Å²) in [6.07, 6.45) is -4.33. The van der Waals surface area contributed by atoms with Crippen molar-refractivity contribution in [2.24, 2.45) is 0 Å². The third kappa shape index (κ3) is 5.58. The van der Waals surface area contributed by atoms with E-state index in [1.54, 1.807) is 6.07 Å². The fourth-order valence-electron chi connectivity index (χ4n) is 4.23. The SMILES string of the molecule is CC(C)(C)c1cc(CN2CCN(c3cccc(C(F)(F)F)c3)CC2)cc(C(C)(C)C)c1O. The number of phenolic OH excluding ortho intramolecular Hbond substituents is 1. The average molecular weight is 449 g/mol. The van der Waals surface area contributed by atoms with Crippen LogP contribution in [0.2, 0.25) is 0 Å². The van der Waals surface area contributed by atoms with Gasteiger partial charge in [-0.3, -0.25) is 4.90 Å². The molecule has 2 aromatic carbocycles. The van der Waals surface area contributed by atoms with Gasteiger partial charge in [-0.25, -0.2) is 0 Å². The van der Waals surface area contributed by atoms with Gasteiger partial charge in [0.25, 0.3) is 0 Å². The van der Waals surface area contributed by atoms with Crippen LogP contribution < -0.4 is 4.90 Å². The maximum Gasteiger partial charge on any atom is 0.416 e. The lowest BCUT2D eigenvalue weighted by atomic mass is 9.78. The van der Waals surface area contributed by atoms with Crippen LogP contribution in [0.5, 0.6) is 5.75 Å². The van der Waals surface area contributed by atoms with Gasteiger partial charge >= 0.3 is 6.18 Å². The fourth-order valence-corrected chi connectivity index (χ4v) is 4.23. The minimum absolute atomic E-state index is 0.178. The Kier molecular flexibility index (Phi) is 6.58. The van der Waals surface area contributed by atoms with Crippen molar-refractivity contribution in [2.75, 3.05) is 31.1 Å². The summed E-state index contributed by atoms with van der Waals surface area (Å²) in [5.74, 6) is 0.378. The molecule has 3 rings (SSSR count). The van der Waals surface area contributed by atoms with E-state index in [0.29, 0.717) is 24.5 Å². The highest BCUT2D eigenvalue weighted by Gasteiger charge is 2.31. The van der Waals surface area contributed by atoms with E-state index in [1.165, 1.54) is 12.1 Å². The lowest BCUT2D eigenvalue weighted by molar-refractivity contribution is -0.137. The molecule has 6 heteroatoms. The highest BCUT2D eigenvalue weighted by Crippen LogP contribution is 2.40. The second kappa shape index (κ2) is 8.62. The van der Waals surface area contributed by atoms with Gasteiger partial charge in [0.1, 0.15) is 5.75 Å². The Bertz CT molecular complexity index is 912. The molecule has 0 bridgehead atoms. The number of aromatic hydroxyl groups is 1. The number of rotatable bonds is 3. The summed E-state index contributed by atoms with van der Waals surface area (Å²) in [6, 6.07) is 9.78. The molecule has 3 nitrogen and oxygen atoms in total. The van der Waals surface area contributed by atoms with E-state index in [1.807, 2.05) is 4.90 Å². The molecule has 1 aliphatic rings. The van der Waals surface area contributed by atoms with Crippen LogP contribution in [0.25, 0.3) is 0 Å². The van der Waals surface area contributed by atoms with Gasteiger partial charge < -0.3 is 10.0 Å². The van der Waals surface area contributed by atoms with Crippen LogP contribution in [0.1, 0.15) is 63.8 Å². The van der Waals surface area contributed by atoms with Gasteiger partial charge in [-0.2, -0.15) is 13.2 Å². The third-order valence-corrected chi connectivity index (χ3v) is 6.10. The zero-order chi connectivity index (χ0) is 23.9. The number of hydrogen-bond acceptors (Lipinski definition) is 3. The monoisotopic (exact) mass is 448 g/mol. The number of nitrogens with zero attached hydrogens (tertiary/aromatic N) is 2. The van der Waals surface area contributed by atoms with Crippen LogP contribution in [0.3, 0.4) is 0 Å². The van der Waals surface area contributed by atoms with Gasteiger partial charge in [0, 0.05) is 38.4 Å². The number of halogens is 3. The topological polar surface area (TPSA) is 26.7 Å². The highest BCUT2D eigenvalue weighted by molar-refractivity contribution is 5.51. The first-order valence-electron chi connectivity index (χ1n) is 11.2. The second-order valence-electron chi connectivity index (χ2n) is 10.9. The maximum atomic E-state index is 13.1. The van der Waals surface area contributed by atoms with Crippen molar-refractivity contribution >= 4 is 5.69 Å². The smallest absolute Gasteiger partial charge is 0.416 e. The van der Waals surface area contributed by atoms with E-state index in [2.05, 4.69) is 58.6 Å². The summed E-state index contributed by atoms with van der Waals surface area (Å²) in [5.41, 5.74) is 2.71. The summed E-state index contributed by atoms with van der Waals surface area (Å²) in [6.45, 7) is 16.3. The molecule has 0 saturated carbocycles. The molecule has 0 spiro atoms. The lowest BCUT2D eigenvalue weighted by Gasteiger charge is -2.37. The zero-order valence-electron chi connectivity index (χ0n) is 20.0. The van der Waals surface area contributed by atoms with Crippen molar-refractivity contribution in [1.82, 2.24) is 4.90 Å². The zero-order valence-corrected chi connectivity index (χ0v) is 20.0. The summed E-state index contributed by atoms with van der Waals surface area (Å²) in [4.78, 5) is 4.35. The molecule has 2 aromatic rings. The fraction of sp³-hybridized carbons (Fsp3) is 0.538. The molecule has 0 aromatic heterocycles. The molecule has 32 heavy (non-hydrogen) atoms. The number of piperazine rings is 1. The van der Waals surface area contributed by atoms with Gasteiger partial charge in [-0.15, -0.1) is 0 Å². The van der Waals surface area contributed by atoms with Crippen LogP contribution >= 0.6 is 0 Å². The van der Waals surface area contributed by atoms with E-state index in [-0.39, 0.29) is 10.8 Å². The summed E-state index contributed by atoms with van der Waals surface area (Å²) >= 11 is 0. The number of alkyl halides is 3. The van der Waals surface area contributed by atoms with E-state index < -0.39 is 11.7 Å². The Balaban J connectivity index is 1.75. The molecular weight excluding hydrogens is 413 g/mol. The molecule has 0 aliphatic carbocycles. The van der Waals surface area contributed by atoms with Crippen LogP contribution in [0.4, 0.5) is 18.9 Å². The van der Waals surface area contributed by atoms with Gasteiger partial charge in [0.15, 0.2) is 0 Å². The Morgan fingerprint density at radius 1 is 0.812 bits per heavy atom. The van der Waals surface area contributed by atoms with Crippen LogP contribution in [0.15, 0.2) is 36.4 Å². The van der Waals surface area contributed by atoms with Gasteiger partial charge in [-0.1, -0.05) is 59.7 Å². The molecule has 0 amide bonds. The molecule has 176 valence electrons. The van der Waals surface area contributed by atoms with Crippen molar-refractivity contribution in [3.63, 3.8) is 0 Å². The van der Waals surface area contributed by atoms with Crippen LogP contribution in [-0.4, -0.2) is 36.2 Å². The second-order valence-corrected chi connectivity index (χ2v) is 10.9. The van der Waals surface area contributed by atoms with Gasteiger partial charge in [-0.05, 0) is 45.7 Å². The summed E-state index contributed by atoms with van der Waals surface area (Å²) in [7, 11) is 0. The quantitative estimate of drug-likeness (QED) is 0.595. The Morgan fingerprint density at radius 2 is 1.34 bits per heavy atom. The van der Waals surface area contributed by atoms with Crippen LogP contribution in [-0.2, 0) is 23.6 Å². The third-order valence-electron chi connectivity index (χ3n) is 6.10. The molecule has 0 radical (unpaired) electrons. The molecule has 0 unspecified atom stereocenters. The molecule has 1 aliphatic heterocycles. The number of hydrogen-bond donors (Lipinski definition) is 1. The largest absolute Gasteiger partial charge is 0.507 e. The van der Waals surface area contributed by atoms with Crippen molar-refractivity contribution in [1.29, 1.82) is 0 Å². The average Bonchev–Trinajstić information content (AvgIpc) is 2.67. The normalized spacial score (nSPS) is 16.5. The van der Waals surface area contributed by atoms with Gasteiger partial charge in [0.2, 0.25) is 0 Å². The lowest BCUT2D eigenvalue weighted by Crippen LogP contribution is -2.46. The highest BCUT2D eigenvalue weighted by atomic mass is 19.4. The standard InChI is InChI=1S/C26H35F3N2O/c1-24(2,3)21-14-18(15-22(23(21)32)25(4,5)6)17-30-10-12-31(13-11-30)20-9-7-8-19(16-20)26(27,28)29/h7-9,14-16,32H,10-13,17H2,1-6H3. The minimum atomic E-state index is -4.33.